The molecule has 0 heterocycles. The summed E-state index contributed by atoms with van der Waals surface area (Å²) in [5.74, 6) is 1.38. The molecule has 0 atom stereocenters. The minimum atomic E-state index is -2.65. The third-order valence-corrected chi connectivity index (χ3v) is 6.51. The van der Waals surface area contributed by atoms with E-state index in [1.54, 1.807) is 24.9 Å². The first-order valence-corrected chi connectivity index (χ1v) is 14.7. The molecule has 0 amide bonds. The van der Waals surface area contributed by atoms with Gasteiger partial charge in [0.15, 0.2) is 0 Å². The van der Waals surface area contributed by atoms with Gasteiger partial charge in [0.1, 0.15) is 11.5 Å². The van der Waals surface area contributed by atoms with Gasteiger partial charge in [0.05, 0.1) is 24.9 Å². The zero-order valence-electron chi connectivity index (χ0n) is 20.8. The molecular formula is C30H28N4O2Si. The van der Waals surface area contributed by atoms with Crippen molar-refractivity contribution in [2.24, 2.45) is 20.4 Å². The van der Waals surface area contributed by atoms with E-state index in [9.17, 15) is 0 Å². The Kier molecular flexibility index (Phi) is 8.88. The van der Waals surface area contributed by atoms with E-state index >= 15 is 0 Å². The summed E-state index contributed by atoms with van der Waals surface area (Å²) in [4.78, 5) is 0. The lowest BCUT2D eigenvalue weighted by molar-refractivity contribution is 0.399. The van der Waals surface area contributed by atoms with Crippen LogP contribution >= 0.6 is 0 Å². The van der Waals surface area contributed by atoms with Crippen molar-refractivity contribution in [3.8, 4) is 11.5 Å². The molecule has 7 heteroatoms. The second kappa shape index (κ2) is 12.9. The Morgan fingerprint density at radius 2 is 0.811 bits per heavy atom. The highest BCUT2D eigenvalue weighted by atomic mass is 28.4. The van der Waals surface area contributed by atoms with Crippen LogP contribution in [0.1, 0.15) is 22.3 Å². The monoisotopic (exact) mass is 504 g/mol. The maximum Gasteiger partial charge on any atom is 0.454 e. The number of rotatable bonds is 10. The van der Waals surface area contributed by atoms with Crippen LogP contribution in [0.15, 0.2) is 130 Å². The van der Waals surface area contributed by atoms with Crippen LogP contribution in [0.2, 0.25) is 13.1 Å². The average molecular weight is 505 g/mol. The first kappa shape index (κ1) is 25.5. The summed E-state index contributed by atoms with van der Waals surface area (Å²) in [7, 11) is -2.65. The Bertz CT molecular complexity index is 1290. The molecule has 0 bridgehead atoms. The lowest BCUT2D eigenvalue weighted by Gasteiger charge is -2.26. The Morgan fingerprint density at radius 3 is 1.24 bits per heavy atom. The van der Waals surface area contributed by atoms with Crippen molar-refractivity contribution in [2.75, 3.05) is 0 Å². The first-order chi connectivity index (χ1) is 18.1. The van der Waals surface area contributed by atoms with E-state index in [0.717, 1.165) is 22.3 Å². The van der Waals surface area contributed by atoms with Crippen molar-refractivity contribution in [3.63, 3.8) is 0 Å². The van der Waals surface area contributed by atoms with Crippen molar-refractivity contribution in [1.82, 2.24) is 0 Å². The van der Waals surface area contributed by atoms with Gasteiger partial charge < -0.3 is 8.85 Å². The van der Waals surface area contributed by atoms with E-state index in [1.165, 1.54) is 0 Å². The zero-order chi connectivity index (χ0) is 25.8. The second-order valence-electron chi connectivity index (χ2n) is 8.48. The van der Waals surface area contributed by atoms with Crippen molar-refractivity contribution in [3.05, 3.63) is 131 Å². The van der Waals surface area contributed by atoms with E-state index in [1.807, 2.05) is 122 Å². The normalized spacial score (nSPS) is 12.2. The summed E-state index contributed by atoms with van der Waals surface area (Å²) in [5.41, 5.74) is 3.61. The van der Waals surface area contributed by atoms with Gasteiger partial charge in [-0.2, -0.15) is 20.4 Å². The van der Waals surface area contributed by atoms with E-state index in [-0.39, 0.29) is 0 Å². The van der Waals surface area contributed by atoms with Crippen LogP contribution in [0, 0.1) is 0 Å². The van der Waals surface area contributed by atoms with Crippen molar-refractivity contribution < 1.29 is 8.85 Å². The van der Waals surface area contributed by atoms with Gasteiger partial charge in [-0.15, -0.1) is 0 Å². The molecule has 0 saturated carbocycles. The van der Waals surface area contributed by atoms with Crippen LogP contribution in [0.3, 0.4) is 0 Å². The molecule has 4 rings (SSSR count). The van der Waals surface area contributed by atoms with Gasteiger partial charge in [-0.1, -0.05) is 84.9 Å². The van der Waals surface area contributed by atoms with Crippen molar-refractivity contribution in [2.45, 2.75) is 13.1 Å². The topological polar surface area (TPSA) is 67.9 Å². The van der Waals surface area contributed by atoms with Crippen LogP contribution in [0.5, 0.6) is 11.5 Å². The molecule has 0 aliphatic heterocycles. The minimum absolute atomic E-state index is 0.691. The highest BCUT2D eigenvalue weighted by molar-refractivity contribution is 6.66. The van der Waals surface area contributed by atoms with Gasteiger partial charge in [-0.05, 0) is 35.4 Å². The zero-order valence-corrected chi connectivity index (χ0v) is 21.8. The van der Waals surface area contributed by atoms with Crippen LogP contribution in [0.4, 0.5) is 0 Å². The fourth-order valence-corrected chi connectivity index (χ4v) is 4.85. The van der Waals surface area contributed by atoms with Gasteiger partial charge >= 0.3 is 8.56 Å². The van der Waals surface area contributed by atoms with Gasteiger partial charge in [-0.3, -0.25) is 0 Å². The fourth-order valence-electron chi connectivity index (χ4n) is 3.38. The lowest BCUT2D eigenvalue weighted by Crippen LogP contribution is -2.42. The van der Waals surface area contributed by atoms with E-state index < -0.39 is 8.56 Å². The van der Waals surface area contributed by atoms with Gasteiger partial charge in [-0.25, -0.2) is 0 Å². The number of hydrogen-bond acceptors (Lipinski definition) is 6. The Morgan fingerprint density at radius 1 is 0.459 bits per heavy atom. The summed E-state index contributed by atoms with van der Waals surface area (Å²) in [5, 5.41) is 16.7. The molecule has 4 aromatic carbocycles. The maximum absolute atomic E-state index is 6.39. The molecule has 6 nitrogen and oxygen atoms in total. The molecule has 0 saturated heterocycles. The van der Waals surface area contributed by atoms with Crippen LogP contribution in [-0.2, 0) is 0 Å². The summed E-state index contributed by atoms with van der Waals surface area (Å²) in [6.45, 7) is 3.99. The lowest BCUT2D eigenvalue weighted by atomic mass is 10.2. The molecule has 184 valence electrons. The van der Waals surface area contributed by atoms with Crippen LogP contribution < -0.4 is 8.85 Å². The first-order valence-electron chi connectivity index (χ1n) is 11.9. The summed E-state index contributed by atoms with van der Waals surface area (Å²) >= 11 is 0. The van der Waals surface area contributed by atoms with E-state index in [2.05, 4.69) is 20.4 Å². The molecule has 37 heavy (non-hydrogen) atoms. The molecule has 0 aliphatic carbocycles. The van der Waals surface area contributed by atoms with Crippen molar-refractivity contribution >= 4 is 33.4 Å². The predicted molar refractivity (Wildman–Crippen MR) is 155 cm³/mol. The average Bonchev–Trinajstić information content (AvgIpc) is 2.91. The number of para-hydroxylation sites is 2. The summed E-state index contributed by atoms with van der Waals surface area (Å²) in [6, 6.07) is 35.1. The Balaban J connectivity index is 1.43. The molecule has 0 fully saturated rings. The Hall–Kier alpha value is -4.62. The Labute approximate surface area is 218 Å². The summed E-state index contributed by atoms with van der Waals surface area (Å²) in [6.07, 6.45) is 6.80. The molecule has 4 aromatic rings. The third-order valence-electron chi connectivity index (χ3n) is 5.09. The fraction of sp³-hybridized carbons (Fsp3) is 0.0667. The highest BCUT2D eigenvalue weighted by Crippen LogP contribution is 2.25. The minimum Gasteiger partial charge on any atom is -0.512 e. The van der Waals surface area contributed by atoms with Gasteiger partial charge in [0.25, 0.3) is 0 Å². The highest BCUT2D eigenvalue weighted by Gasteiger charge is 2.30. The van der Waals surface area contributed by atoms with E-state index in [0.29, 0.717) is 11.5 Å². The number of nitrogens with zero attached hydrogens (tertiary/aromatic N) is 4. The molecule has 0 spiro atoms. The third kappa shape index (κ3) is 8.23. The SMILES string of the molecule is C[Si](C)(Oc1ccccc1/C=N/N=C/c1ccccc1)Oc1ccccc1/C=N/N=C/c1ccccc1. The second-order valence-corrected chi connectivity index (χ2v) is 11.7. The predicted octanol–water partition coefficient (Wildman–Crippen LogP) is 6.75. The van der Waals surface area contributed by atoms with Crippen molar-refractivity contribution in [1.29, 1.82) is 0 Å². The van der Waals surface area contributed by atoms with Crippen LogP contribution in [0.25, 0.3) is 0 Å². The quantitative estimate of drug-likeness (QED) is 0.136. The van der Waals surface area contributed by atoms with Crippen LogP contribution in [-0.4, -0.2) is 33.4 Å². The smallest absolute Gasteiger partial charge is 0.454 e. The van der Waals surface area contributed by atoms with Gasteiger partial charge in [0, 0.05) is 24.2 Å². The molecule has 0 radical (unpaired) electrons. The molecule has 0 aromatic heterocycles. The maximum atomic E-state index is 6.39. The van der Waals surface area contributed by atoms with Gasteiger partial charge in [0.2, 0.25) is 0 Å². The summed E-state index contributed by atoms with van der Waals surface area (Å²) < 4.78 is 12.8. The molecule has 0 N–H and O–H groups in total. The number of hydrogen-bond donors (Lipinski definition) is 0. The largest absolute Gasteiger partial charge is 0.512 e. The molecule has 0 aliphatic rings. The standard InChI is InChI=1S/C30H28N4O2Si/c1-37(2,35-29-19-11-9-17-27(29)23-33-31-21-25-13-5-3-6-14-25)36-30-20-12-10-18-28(30)24-34-32-22-26-15-7-4-8-16-26/h3-24H,1-2H3/b31-21+,32-22+,33-23+,34-24+. The number of benzene rings is 4. The molecule has 0 unspecified atom stereocenters. The molecular weight excluding hydrogens is 476 g/mol. The van der Waals surface area contributed by atoms with E-state index in [4.69, 9.17) is 8.85 Å².